The number of nitrogens with zero attached hydrogens (tertiary/aromatic N) is 4. The van der Waals surface area contributed by atoms with Crippen molar-refractivity contribution in [3.8, 4) is 17.4 Å². The molecule has 0 atom stereocenters. The van der Waals surface area contributed by atoms with E-state index < -0.39 is 26.6 Å². The van der Waals surface area contributed by atoms with E-state index in [4.69, 9.17) is 9.47 Å². The normalized spacial score (nSPS) is 11.4. The molecule has 0 unspecified atom stereocenters. The molecule has 3 aromatic rings. The van der Waals surface area contributed by atoms with Crippen LogP contribution in [0, 0.1) is 11.6 Å². The molecule has 2 aromatic carbocycles. The molecule has 0 aliphatic rings. The van der Waals surface area contributed by atoms with Crippen molar-refractivity contribution in [1.82, 2.24) is 14.3 Å². The van der Waals surface area contributed by atoms with Crippen molar-refractivity contribution in [2.45, 2.75) is 4.90 Å². The first-order valence-corrected chi connectivity index (χ1v) is 10.9. The van der Waals surface area contributed by atoms with E-state index in [1.54, 1.807) is 43.3 Å². The molecule has 32 heavy (non-hydrogen) atoms. The Bertz CT molecular complexity index is 1180. The number of ether oxygens (including phenoxy) is 2. The zero-order chi connectivity index (χ0) is 23.3. The fourth-order valence-corrected chi connectivity index (χ4v) is 3.92. The lowest BCUT2D eigenvalue weighted by atomic mass is 10.3. The monoisotopic (exact) mass is 464 g/mol. The van der Waals surface area contributed by atoms with Crippen LogP contribution in [0.5, 0.6) is 17.4 Å². The van der Waals surface area contributed by atoms with Crippen LogP contribution in [-0.4, -0.2) is 57.0 Å². The zero-order valence-corrected chi connectivity index (χ0v) is 18.5. The van der Waals surface area contributed by atoms with Crippen LogP contribution >= 0.6 is 0 Å². The zero-order valence-electron chi connectivity index (χ0n) is 17.7. The van der Waals surface area contributed by atoms with Gasteiger partial charge < -0.3 is 14.4 Å². The standard InChI is InChI=1S/C21H22F2N4O4S/c1-26(10-11-27(2)32(28,29)19-9-4-15(22)12-18(19)23)20-13-24-14-21(25-20)31-17-7-5-16(30-3)6-8-17/h4-9,12-14H,10-11H2,1-3H3. The first-order valence-electron chi connectivity index (χ1n) is 9.47. The number of aromatic nitrogens is 2. The second-order valence-corrected chi connectivity index (χ2v) is 8.83. The van der Waals surface area contributed by atoms with Gasteiger partial charge in [-0.05, 0) is 36.4 Å². The predicted octanol–water partition coefficient (Wildman–Crippen LogP) is 3.31. The second kappa shape index (κ2) is 9.88. The van der Waals surface area contributed by atoms with Gasteiger partial charge in [0.15, 0.2) is 5.82 Å². The molecule has 0 radical (unpaired) electrons. The minimum Gasteiger partial charge on any atom is -0.497 e. The van der Waals surface area contributed by atoms with Crippen LogP contribution in [0.15, 0.2) is 59.8 Å². The number of hydrogen-bond donors (Lipinski definition) is 0. The summed E-state index contributed by atoms with van der Waals surface area (Å²) in [5.41, 5.74) is 0. The molecule has 0 aliphatic carbocycles. The highest BCUT2D eigenvalue weighted by Crippen LogP contribution is 2.23. The lowest BCUT2D eigenvalue weighted by Gasteiger charge is -2.23. The number of hydrogen-bond acceptors (Lipinski definition) is 7. The number of rotatable bonds is 9. The summed E-state index contributed by atoms with van der Waals surface area (Å²) in [4.78, 5) is 9.58. The Kier molecular flexibility index (Phi) is 7.21. The number of halogens is 2. The average molecular weight is 464 g/mol. The van der Waals surface area contributed by atoms with Crippen LogP contribution in [0.25, 0.3) is 0 Å². The average Bonchev–Trinajstić information content (AvgIpc) is 2.77. The van der Waals surface area contributed by atoms with Gasteiger partial charge in [-0.1, -0.05) is 0 Å². The molecule has 1 heterocycles. The van der Waals surface area contributed by atoms with E-state index in [9.17, 15) is 17.2 Å². The molecule has 0 saturated carbocycles. The van der Waals surface area contributed by atoms with E-state index in [1.807, 2.05) is 0 Å². The van der Waals surface area contributed by atoms with Crippen molar-refractivity contribution < 1.29 is 26.7 Å². The number of likely N-dealkylation sites (N-methyl/N-ethyl adjacent to an activating group) is 2. The fraction of sp³-hybridized carbons (Fsp3) is 0.238. The summed E-state index contributed by atoms with van der Waals surface area (Å²) in [6.07, 6.45) is 2.96. The molecular formula is C21H22F2N4O4S. The van der Waals surface area contributed by atoms with Crippen LogP contribution in [0.1, 0.15) is 0 Å². The molecule has 0 saturated heterocycles. The molecule has 0 aliphatic heterocycles. The maximum Gasteiger partial charge on any atom is 0.245 e. The van der Waals surface area contributed by atoms with Crippen molar-refractivity contribution in [1.29, 1.82) is 0 Å². The number of benzene rings is 2. The van der Waals surface area contributed by atoms with Crippen LogP contribution < -0.4 is 14.4 Å². The van der Waals surface area contributed by atoms with Gasteiger partial charge in [0.2, 0.25) is 15.9 Å². The van der Waals surface area contributed by atoms with Crippen LogP contribution in [0.4, 0.5) is 14.6 Å². The van der Waals surface area contributed by atoms with Crippen molar-refractivity contribution in [2.75, 3.05) is 39.2 Å². The molecular weight excluding hydrogens is 442 g/mol. The summed E-state index contributed by atoms with van der Waals surface area (Å²) < 4.78 is 64.0. The van der Waals surface area contributed by atoms with Crippen molar-refractivity contribution in [3.05, 3.63) is 66.5 Å². The van der Waals surface area contributed by atoms with Crippen molar-refractivity contribution in [3.63, 3.8) is 0 Å². The minimum atomic E-state index is -4.12. The fourth-order valence-electron chi connectivity index (χ4n) is 2.71. The summed E-state index contributed by atoms with van der Waals surface area (Å²) in [7, 11) is 0.473. The summed E-state index contributed by atoms with van der Waals surface area (Å²) >= 11 is 0. The maximum atomic E-state index is 13.9. The third-order valence-electron chi connectivity index (χ3n) is 4.61. The summed E-state index contributed by atoms with van der Waals surface area (Å²) in [6, 6.07) is 9.30. The Balaban J connectivity index is 1.65. The summed E-state index contributed by atoms with van der Waals surface area (Å²) in [6.45, 7) is 0.264. The van der Waals surface area contributed by atoms with E-state index in [-0.39, 0.29) is 19.0 Å². The van der Waals surface area contributed by atoms with Gasteiger partial charge in [-0.3, -0.25) is 4.98 Å². The molecule has 0 spiro atoms. The minimum absolute atomic E-state index is 0.0287. The van der Waals surface area contributed by atoms with Crippen LogP contribution in [0.3, 0.4) is 0 Å². The quantitative estimate of drug-likeness (QED) is 0.480. The van der Waals surface area contributed by atoms with E-state index in [0.717, 1.165) is 16.4 Å². The van der Waals surface area contributed by atoms with Gasteiger partial charge >= 0.3 is 0 Å². The lowest BCUT2D eigenvalue weighted by Crippen LogP contribution is -2.35. The molecule has 1 aromatic heterocycles. The van der Waals surface area contributed by atoms with Crippen molar-refractivity contribution in [2.24, 2.45) is 0 Å². The van der Waals surface area contributed by atoms with E-state index in [2.05, 4.69) is 9.97 Å². The molecule has 0 bridgehead atoms. The highest BCUT2D eigenvalue weighted by atomic mass is 32.2. The van der Waals surface area contributed by atoms with Gasteiger partial charge in [-0.15, -0.1) is 0 Å². The Morgan fingerprint density at radius 1 is 0.969 bits per heavy atom. The number of methoxy groups -OCH3 is 1. The molecule has 170 valence electrons. The topological polar surface area (TPSA) is 84.9 Å². The highest BCUT2D eigenvalue weighted by Gasteiger charge is 2.25. The summed E-state index contributed by atoms with van der Waals surface area (Å²) in [5, 5.41) is 0. The Morgan fingerprint density at radius 2 is 1.66 bits per heavy atom. The number of sulfonamides is 1. The molecule has 0 fully saturated rings. The molecule has 3 rings (SSSR count). The predicted molar refractivity (Wildman–Crippen MR) is 115 cm³/mol. The van der Waals surface area contributed by atoms with Gasteiger partial charge in [0.1, 0.15) is 28.0 Å². The van der Waals surface area contributed by atoms with Gasteiger partial charge in [-0.2, -0.15) is 9.29 Å². The Morgan fingerprint density at radius 3 is 2.31 bits per heavy atom. The SMILES string of the molecule is COc1ccc(Oc2cncc(N(C)CCN(C)S(=O)(=O)c3ccc(F)cc3F)n2)cc1. The Hall–Kier alpha value is -3.31. The maximum absolute atomic E-state index is 13.9. The molecule has 0 amide bonds. The van der Waals surface area contributed by atoms with Crippen LogP contribution in [0.2, 0.25) is 0 Å². The van der Waals surface area contributed by atoms with E-state index in [0.29, 0.717) is 23.4 Å². The Labute approximate surface area is 185 Å². The van der Waals surface area contributed by atoms with Crippen molar-refractivity contribution >= 4 is 15.8 Å². The lowest BCUT2D eigenvalue weighted by molar-refractivity contribution is 0.412. The molecule has 11 heteroatoms. The van der Waals surface area contributed by atoms with Gasteiger partial charge in [-0.25, -0.2) is 17.2 Å². The summed E-state index contributed by atoms with van der Waals surface area (Å²) in [5.74, 6) is -0.0363. The van der Waals surface area contributed by atoms with Gasteiger partial charge in [0.05, 0.1) is 19.5 Å². The largest absolute Gasteiger partial charge is 0.497 e. The van der Waals surface area contributed by atoms with Gasteiger partial charge in [0, 0.05) is 33.3 Å². The molecule has 8 nitrogen and oxygen atoms in total. The third-order valence-corrected chi connectivity index (χ3v) is 6.50. The first-order chi connectivity index (χ1) is 15.2. The smallest absolute Gasteiger partial charge is 0.245 e. The first kappa shape index (κ1) is 23.4. The second-order valence-electron chi connectivity index (χ2n) is 6.82. The number of anilines is 1. The van der Waals surface area contributed by atoms with E-state index >= 15 is 0 Å². The molecule has 0 N–H and O–H groups in total. The van der Waals surface area contributed by atoms with Gasteiger partial charge in [0.25, 0.3) is 0 Å². The van der Waals surface area contributed by atoms with Crippen LogP contribution in [-0.2, 0) is 10.0 Å². The third kappa shape index (κ3) is 5.48. The van der Waals surface area contributed by atoms with E-state index in [1.165, 1.54) is 19.4 Å². The highest BCUT2D eigenvalue weighted by molar-refractivity contribution is 7.89.